The molecule has 26 heavy (non-hydrogen) atoms. The topological polar surface area (TPSA) is 42.2 Å². The quantitative estimate of drug-likeness (QED) is 0.544. The van der Waals surface area contributed by atoms with E-state index in [1.807, 2.05) is 0 Å². The minimum absolute atomic E-state index is 0.0204. The maximum Gasteiger partial charge on any atom is 0.416 e. The minimum Gasteiger partial charge on any atom is -0.451 e. The van der Waals surface area contributed by atoms with Gasteiger partial charge in [-0.2, -0.15) is 13.2 Å². The zero-order valence-corrected chi connectivity index (χ0v) is 14.4. The lowest BCUT2D eigenvalue weighted by Crippen LogP contribution is -2.13. The summed E-state index contributed by atoms with van der Waals surface area (Å²) in [5.74, 6) is -0.402. The monoisotopic (exact) mass is 399 g/mol. The number of benzene rings is 2. The van der Waals surface area contributed by atoms with Gasteiger partial charge in [-0.15, -0.1) is 0 Å². The first-order valence-corrected chi connectivity index (χ1v) is 8.03. The van der Waals surface area contributed by atoms with E-state index in [0.29, 0.717) is 16.3 Å². The van der Waals surface area contributed by atoms with Crippen LogP contribution in [0.25, 0.3) is 11.3 Å². The van der Waals surface area contributed by atoms with Gasteiger partial charge in [0, 0.05) is 10.6 Å². The largest absolute Gasteiger partial charge is 0.451 e. The van der Waals surface area contributed by atoms with E-state index in [-0.39, 0.29) is 16.5 Å². The number of rotatable bonds is 3. The van der Waals surface area contributed by atoms with Gasteiger partial charge in [-0.1, -0.05) is 35.3 Å². The molecule has 0 saturated carbocycles. The van der Waals surface area contributed by atoms with Crippen molar-refractivity contribution < 1.29 is 22.4 Å². The highest BCUT2D eigenvalue weighted by molar-refractivity contribution is 6.34. The van der Waals surface area contributed by atoms with Crippen molar-refractivity contribution in [1.82, 2.24) is 0 Å². The Morgan fingerprint density at radius 2 is 1.77 bits per heavy atom. The van der Waals surface area contributed by atoms with Crippen LogP contribution in [0.5, 0.6) is 0 Å². The standard InChI is InChI=1S/C18H10Cl2F3NO2/c19-12-3-1-2-10(8-12)15-6-7-16(26-15)17(25)24-14-9-11(18(21,22)23)4-5-13(14)20/h1-9H,(H,24,25). The molecule has 0 spiro atoms. The van der Waals surface area contributed by atoms with E-state index in [4.69, 9.17) is 27.6 Å². The predicted molar refractivity (Wildman–Crippen MR) is 93.6 cm³/mol. The summed E-state index contributed by atoms with van der Waals surface area (Å²) in [7, 11) is 0. The molecule has 134 valence electrons. The van der Waals surface area contributed by atoms with E-state index >= 15 is 0 Å². The van der Waals surface area contributed by atoms with Gasteiger partial charge in [0.25, 0.3) is 5.91 Å². The lowest BCUT2D eigenvalue weighted by molar-refractivity contribution is -0.137. The van der Waals surface area contributed by atoms with Gasteiger partial charge in [-0.05, 0) is 42.5 Å². The highest BCUT2D eigenvalue weighted by atomic mass is 35.5. The molecule has 0 fully saturated rings. The van der Waals surface area contributed by atoms with Crippen molar-refractivity contribution in [1.29, 1.82) is 0 Å². The van der Waals surface area contributed by atoms with Gasteiger partial charge in [-0.25, -0.2) is 0 Å². The Kier molecular flexibility index (Phi) is 4.98. The maximum atomic E-state index is 12.8. The summed E-state index contributed by atoms with van der Waals surface area (Å²) in [6.07, 6.45) is -4.55. The number of halogens is 5. The van der Waals surface area contributed by atoms with Crippen LogP contribution in [0, 0.1) is 0 Å². The van der Waals surface area contributed by atoms with Crippen LogP contribution in [-0.4, -0.2) is 5.91 Å². The number of nitrogens with one attached hydrogen (secondary N) is 1. The zero-order chi connectivity index (χ0) is 18.9. The summed E-state index contributed by atoms with van der Waals surface area (Å²) in [4.78, 5) is 12.3. The molecule has 0 aliphatic heterocycles. The Balaban J connectivity index is 1.83. The number of hydrogen-bond acceptors (Lipinski definition) is 2. The van der Waals surface area contributed by atoms with Crippen LogP contribution in [0.3, 0.4) is 0 Å². The van der Waals surface area contributed by atoms with Crippen molar-refractivity contribution in [3.8, 4) is 11.3 Å². The van der Waals surface area contributed by atoms with Crippen LogP contribution in [0.15, 0.2) is 59.0 Å². The molecule has 0 atom stereocenters. The second kappa shape index (κ2) is 7.05. The molecular formula is C18H10Cl2F3NO2. The molecule has 8 heteroatoms. The van der Waals surface area contributed by atoms with Crippen LogP contribution in [0.4, 0.5) is 18.9 Å². The molecule has 0 saturated heterocycles. The van der Waals surface area contributed by atoms with Crippen LogP contribution < -0.4 is 5.32 Å². The summed E-state index contributed by atoms with van der Waals surface area (Å²) in [5.41, 5.74) is -0.419. The third-order valence-electron chi connectivity index (χ3n) is 3.48. The molecule has 0 aliphatic rings. The first-order chi connectivity index (χ1) is 12.2. The van der Waals surface area contributed by atoms with Gasteiger partial charge < -0.3 is 9.73 Å². The van der Waals surface area contributed by atoms with Gasteiger partial charge in [-0.3, -0.25) is 4.79 Å². The summed E-state index contributed by atoms with van der Waals surface area (Å²) in [6.45, 7) is 0. The fourth-order valence-electron chi connectivity index (χ4n) is 2.24. The zero-order valence-electron chi connectivity index (χ0n) is 12.9. The highest BCUT2D eigenvalue weighted by Crippen LogP contribution is 2.34. The molecule has 0 aliphatic carbocycles. The van der Waals surface area contributed by atoms with Gasteiger partial charge in [0.15, 0.2) is 5.76 Å². The van der Waals surface area contributed by atoms with Gasteiger partial charge in [0.1, 0.15) is 5.76 Å². The van der Waals surface area contributed by atoms with E-state index in [9.17, 15) is 18.0 Å². The predicted octanol–water partition coefficient (Wildman–Crippen LogP) is 6.52. The fraction of sp³-hybridized carbons (Fsp3) is 0.0556. The molecule has 0 radical (unpaired) electrons. The lowest BCUT2D eigenvalue weighted by atomic mass is 10.2. The average molecular weight is 400 g/mol. The molecule has 0 bridgehead atoms. The van der Waals surface area contributed by atoms with E-state index in [2.05, 4.69) is 5.32 Å². The number of furan rings is 1. The number of amides is 1. The lowest BCUT2D eigenvalue weighted by Gasteiger charge is -2.11. The fourth-order valence-corrected chi connectivity index (χ4v) is 2.59. The van der Waals surface area contributed by atoms with Crippen molar-refractivity contribution in [3.63, 3.8) is 0 Å². The number of carbonyl (C=O) groups is 1. The number of anilines is 1. The SMILES string of the molecule is O=C(Nc1cc(C(F)(F)F)ccc1Cl)c1ccc(-c2cccc(Cl)c2)o1. The van der Waals surface area contributed by atoms with Gasteiger partial charge >= 0.3 is 6.18 Å². The second-order valence-electron chi connectivity index (χ2n) is 5.32. The maximum absolute atomic E-state index is 12.8. The average Bonchev–Trinajstić information content (AvgIpc) is 3.06. The Morgan fingerprint density at radius 1 is 1.00 bits per heavy atom. The van der Waals surface area contributed by atoms with Gasteiger partial charge in [0.2, 0.25) is 0 Å². The van der Waals surface area contributed by atoms with Crippen molar-refractivity contribution in [3.05, 3.63) is 76.0 Å². The second-order valence-corrected chi connectivity index (χ2v) is 6.16. The van der Waals surface area contributed by atoms with E-state index in [1.54, 1.807) is 30.3 Å². The third-order valence-corrected chi connectivity index (χ3v) is 4.05. The molecular weight excluding hydrogens is 390 g/mol. The number of alkyl halides is 3. The molecule has 3 aromatic rings. The molecule has 0 unspecified atom stereocenters. The van der Waals surface area contributed by atoms with Crippen molar-refractivity contribution in [2.45, 2.75) is 6.18 Å². The van der Waals surface area contributed by atoms with E-state index in [1.165, 1.54) is 6.07 Å². The summed E-state index contributed by atoms with van der Waals surface area (Å²) in [6, 6.07) is 12.5. The molecule has 1 N–H and O–H groups in total. The summed E-state index contributed by atoms with van der Waals surface area (Å²) >= 11 is 11.8. The Bertz CT molecular complexity index is 967. The first kappa shape index (κ1) is 18.4. The Hall–Kier alpha value is -2.44. The molecule has 1 aromatic heterocycles. The molecule has 3 nitrogen and oxygen atoms in total. The van der Waals surface area contributed by atoms with E-state index < -0.39 is 17.6 Å². The van der Waals surface area contributed by atoms with Crippen LogP contribution in [-0.2, 0) is 6.18 Å². The number of hydrogen-bond donors (Lipinski definition) is 1. The van der Waals surface area contributed by atoms with E-state index in [0.717, 1.165) is 18.2 Å². The Morgan fingerprint density at radius 3 is 2.46 bits per heavy atom. The molecule has 3 rings (SSSR count). The molecule has 1 amide bonds. The third kappa shape index (κ3) is 4.03. The highest BCUT2D eigenvalue weighted by Gasteiger charge is 2.31. The minimum atomic E-state index is -4.55. The smallest absolute Gasteiger partial charge is 0.416 e. The Labute approximate surface area is 156 Å². The van der Waals surface area contributed by atoms with Crippen LogP contribution in [0.2, 0.25) is 10.0 Å². The normalized spacial score (nSPS) is 11.4. The van der Waals surface area contributed by atoms with Crippen LogP contribution >= 0.6 is 23.2 Å². The first-order valence-electron chi connectivity index (χ1n) is 7.28. The van der Waals surface area contributed by atoms with Gasteiger partial charge in [0.05, 0.1) is 16.3 Å². The van der Waals surface area contributed by atoms with Crippen LogP contribution in [0.1, 0.15) is 16.1 Å². The van der Waals surface area contributed by atoms with Crippen molar-refractivity contribution in [2.24, 2.45) is 0 Å². The summed E-state index contributed by atoms with van der Waals surface area (Å²) in [5, 5.41) is 2.80. The van der Waals surface area contributed by atoms with Crippen molar-refractivity contribution in [2.75, 3.05) is 5.32 Å². The number of carbonyl (C=O) groups excluding carboxylic acids is 1. The molecule has 1 heterocycles. The molecule has 2 aromatic carbocycles. The summed E-state index contributed by atoms with van der Waals surface area (Å²) < 4.78 is 43.9. The van der Waals surface area contributed by atoms with Crippen molar-refractivity contribution >= 4 is 34.8 Å².